The van der Waals surface area contributed by atoms with E-state index < -0.39 is 29.8 Å². The molecule has 0 aliphatic carbocycles. The molecule has 6 nitrogen and oxygen atoms in total. The number of esters is 1. The van der Waals surface area contributed by atoms with Crippen molar-refractivity contribution in [3.63, 3.8) is 0 Å². The second kappa shape index (κ2) is 8.01. The summed E-state index contributed by atoms with van der Waals surface area (Å²) in [5, 5.41) is 13.5. The van der Waals surface area contributed by atoms with Gasteiger partial charge in [0, 0.05) is 10.9 Å². The van der Waals surface area contributed by atoms with Crippen molar-refractivity contribution in [2.45, 2.75) is 18.6 Å². The molecule has 2 atom stereocenters. The average molecular weight is 370 g/mol. The van der Waals surface area contributed by atoms with Crippen molar-refractivity contribution in [2.24, 2.45) is 0 Å². The van der Waals surface area contributed by atoms with Crippen LogP contribution in [0.4, 0.5) is 4.39 Å². The first-order valence-electron chi connectivity index (χ1n) is 8.37. The van der Waals surface area contributed by atoms with Crippen LogP contribution in [0.2, 0.25) is 0 Å². The number of carbonyl (C=O) groups is 2. The third-order valence-corrected chi connectivity index (χ3v) is 4.27. The lowest BCUT2D eigenvalue weighted by Gasteiger charge is -2.22. The predicted molar refractivity (Wildman–Crippen MR) is 97.7 cm³/mol. The Morgan fingerprint density at radius 2 is 1.93 bits per heavy atom. The molecule has 3 N–H and O–H groups in total. The zero-order valence-electron chi connectivity index (χ0n) is 14.6. The molecule has 27 heavy (non-hydrogen) atoms. The number of hydrogen-bond acceptors (Lipinski definition) is 4. The van der Waals surface area contributed by atoms with Gasteiger partial charge in [-0.3, -0.25) is 4.79 Å². The summed E-state index contributed by atoms with van der Waals surface area (Å²) < 4.78 is 17.9. The highest BCUT2D eigenvalue weighted by atomic mass is 19.1. The molecule has 0 saturated carbocycles. The van der Waals surface area contributed by atoms with Crippen molar-refractivity contribution in [1.82, 2.24) is 10.3 Å². The van der Waals surface area contributed by atoms with Crippen LogP contribution < -0.4 is 5.32 Å². The van der Waals surface area contributed by atoms with Gasteiger partial charge in [0.15, 0.2) is 6.10 Å². The molecule has 0 aliphatic heterocycles. The first-order chi connectivity index (χ1) is 13.0. The van der Waals surface area contributed by atoms with E-state index in [2.05, 4.69) is 15.0 Å². The maximum Gasteiger partial charge on any atom is 0.336 e. The fourth-order valence-corrected chi connectivity index (χ4v) is 2.87. The molecule has 2 aromatic carbocycles. The minimum Gasteiger partial charge on any atom is -0.467 e. The van der Waals surface area contributed by atoms with Gasteiger partial charge in [-0.05, 0) is 36.2 Å². The highest BCUT2D eigenvalue weighted by molar-refractivity contribution is 5.98. The number of aromatic nitrogens is 1. The molecule has 0 radical (unpaired) electrons. The van der Waals surface area contributed by atoms with E-state index in [9.17, 15) is 19.1 Å². The highest BCUT2D eigenvalue weighted by Crippen LogP contribution is 2.17. The molecule has 3 rings (SSSR count). The van der Waals surface area contributed by atoms with Gasteiger partial charge >= 0.3 is 5.97 Å². The van der Waals surface area contributed by atoms with E-state index in [4.69, 9.17) is 0 Å². The van der Waals surface area contributed by atoms with Crippen LogP contribution in [0.1, 0.15) is 16.1 Å². The maximum absolute atomic E-state index is 13.3. The summed E-state index contributed by atoms with van der Waals surface area (Å²) in [6, 6.07) is 13.9. The van der Waals surface area contributed by atoms with E-state index in [1.165, 1.54) is 31.4 Å². The Morgan fingerprint density at radius 1 is 1.19 bits per heavy atom. The van der Waals surface area contributed by atoms with Crippen molar-refractivity contribution in [2.75, 3.05) is 7.11 Å². The smallest absolute Gasteiger partial charge is 0.336 e. The fraction of sp³-hybridized carbons (Fsp3) is 0.200. The van der Waals surface area contributed by atoms with E-state index in [0.29, 0.717) is 10.9 Å². The zero-order valence-corrected chi connectivity index (χ0v) is 14.6. The van der Waals surface area contributed by atoms with Crippen LogP contribution in [0.5, 0.6) is 0 Å². The average Bonchev–Trinajstić information content (AvgIpc) is 3.10. The lowest BCUT2D eigenvalue weighted by molar-refractivity contribution is -0.151. The lowest BCUT2D eigenvalue weighted by Crippen LogP contribution is -2.48. The van der Waals surface area contributed by atoms with Crippen molar-refractivity contribution in [3.8, 4) is 0 Å². The van der Waals surface area contributed by atoms with E-state index in [1.54, 1.807) is 0 Å². The van der Waals surface area contributed by atoms with E-state index in [1.807, 2.05) is 30.3 Å². The fourth-order valence-electron chi connectivity index (χ4n) is 2.87. The number of aliphatic hydroxyl groups excluding tert-OH is 1. The molecular weight excluding hydrogens is 351 g/mol. The van der Waals surface area contributed by atoms with Crippen molar-refractivity contribution >= 4 is 22.8 Å². The van der Waals surface area contributed by atoms with Crippen molar-refractivity contribution in [3.05, 3.63) is 71.7 Å². The number of hydrogen-bond donors (Lipinski definition) is 3. The number of rotatable bonds is 6. The third kappa shape index (κ3) is 4.32. The number of carbonyl (C=O) groups excluding carboxylic acids is 2. The standard InChI is InChI=1S/C20H19FN2O4/c1-27-20(26)18(24)16(9-12-5-3-2-4-6-12)23-19(25)17-11-13-10-14(21)7-8-15(13)22-17/h2-8,10-11,16,18,22,24H,9H2,1H3,(H,23,25)/t16-,18+/m0/s1. The molecule has 0 unspecified atom stereocenters. The number of fused-ring (bicyclic) bond motifs is 1. The van der Waals surface area contributed by atoms with Gasteiger partial charge in [0.2, 0.25) is 0 Å². The largest absolute Gasteiger partial charge is 0.467 e. The van der Waals surface area contributed by atoms with Gasteiger partial charge in [0.05, 0.1) is 13.2 Å². The number of ether oxygens (including phenoxy) is 1. The summed E-state index contributed by atoms with van der Waals surface area (Å²) in [7, 11) is 1.17. The topological polar surface area (TPSA) is 91.4 Å². The molecule has 140 valence electrons. The number of aliphatic hydroxyl groups is 1. The lowest BCUT2D eigenvalue weighted by atomic mass is 10.0. The number of H-pyrrole nitrogens is 1. The molecule has 0 fully saturated rings. The van der Waals surface area contributed by atoms with Crippen LogP contribution in [0.15, 0.2) is 54.6 Å². The van der Waals surface area contributed by atoms with Crippen molar-refractivity contribution in [1.29, 1.82) is 0 Å². The normalized spacial score (nSPS) is 13.1. The van der Waals surface area contributed by atoms with Gasteiger partial charge in [-0.15, -0.1) is 0 Å². The van der Waals surface area contributed by atoms with E-state index in [0.717, 1.165) is 5.56 Å². The summed E-state index contributed by atoms with van der Waals surface area (Å²) >= 11 is 0. The Balaban J connectivity index is 1.82. The minimum atomic E-state index is -1.53. The Morgan fingerprint density at radius 3 is 2.63 bits per heavy atom. The summed E-state index contributed by atoms with van der Waals surface area (Å²) in [5.41, 5.74) is 1.64. The summed E-state index contributed by atoms with van der Waals surface area (Å²) in [6.07, 6.45) is -1.29. The van der Waals surface area contributed by atoms with Gasteiger partial charge in [-0.1, -0.05) is 30.3 Å². The number of halogens is 1. The van der Waals surface area contributed by atoms with Gasteiger partial charge in [0.25, 0.3) is 5.91 Å². The molecular formula is C20H19FN2O4. The quantitative estimate of drug-likeness (QED) is 0.580. The van der Waals surface area contributed by atoms with Crippen LogP contribution in [0.3, 0.4) is 0 Å². The van der Waals surface area contributed by atoms with E-state index in [-0.39, 0.29) is 12.1 Å². The first kappa shape index (κ1) is 18.6. The first-order valence-corrected chi connectivity index (χ1v) is 8.37. The van der Waals surface area contributed by atoms with E-state index >= 15 is 0 Å². The molecule has 0 aliphatic rings. The summed E-state index contributed by atoms with van der Waals surface area (Å²) in [5.74, 6) is -1.76. The second-order valence-electron chi connectivity index (χ2n) is 6.15. The van der Waals surface area contributed by atoms with Crippen LogP contribution >= 0.6 is 0 Å². The molecule has 1 aromatic heterocycles. The van der Waals surface area contributed by atoms with Crippen LogP contribution in [0.25, 0.3) is 10.9 Å². The van der Waals surface area contributed by atoms with Gasteiger partial charge in [-0.2, -0.15) is 0 Å². The monoisotopic (exact) mass is 370 g/mol. The molecule has 7 heteroatoms. The molecule has 1 amide bonds. The van der Waals surface area contributed by atoms with Gasteiger partial charge in [-0.25, -0.2) is 9.18 Å². The Hall–Kier alpha value is -3.19. The number of benzene rings is 2. The number of amides is 1. The molecule has 0 bridgehead atoms. The number of methoxy groups -OCH3 is 1. The number of nitrogens with one attached hydrogen (secondary N) is 2. The highest BCUT2D eigenvalue weighted by Gasteiger charge is 2.29. The second-order valence-corrected chi connectivity index (χ2v) is 6.15. The SMILES string of the molecule is COC(=O)[C@H](O)[C@H](Cc1ccccc1)NC(=O)c1cc2cc(F)ccc2[nH]1. The van der Waals surface area contributed by atoms with Gasteiger partial charge in [0.1, 0.15) is 11.5 Å². The molecule has 3 aromatic rings. The minimum absolute atomic E-state index is 0.200. The Bertz CT molecular complexity index is 955. The summed E-state index contributed by atoms with van der Waals surface area (Å²) in [6.45, 7) is 0. The third-order valence-electron chi connectivity index (χ3n) is 4.27. The van der Waals surface area contributed by atoms with Crippen LogP contribution in [0, 0.1) is 5.82 Å². The predicted octanol–water partition coefficient (Wildman–Crippen LogP) is 2.18. The molecule has 0 spiro atoms. The summed E-state index contributed by atoms with van der Waals surface area (Å²) in [4.78, 5) is 27.3. The Kier molecular flexibility index (Phi) is 5.52. The Labute approximate surface area is 155 Å². The number of aromatic amines is 1. The van der Waals surface area contributed by atoms with Gasteiger partial charge < -0.3 is 20.1 Å². The molecule has 1 heterocycles. The van der Waals surface area contributed by atoms with Crippen molar-refractivity contribution < 1.29 is 23.8 Å². The van der Waals surface area contributed by atoms with Crippen LogP contribution in [-0.2, 0) is 16.0 Å². The van der Waals surface area contributed by atoms with Crippen LogP contribution in [-0.4, -0.2) is 41.2 Å². The molecule has 0 saturated heterocycles. The zero-order chi connectivity index (χ0) is 19.4. The maximum atomic E-state index is 13.3.